The molecule has 0 bridgehead atoms. The van der Waals surface area contributed by atoms with Gasteiger partial charge in [-0.25, -0.2) is 16.8 Å². The van der Waals surface area contributed by atoms with E-state index in [9.17, 15) is 46.2 Å². The molecular weight excluding hydrogens is 1130 g/mol. The van der Waals surface area contributed by atoms with Crippen molar-refractivity contribution in [3.8, 4) is 0 Å². The van der Waals surface area contributed by atoms with Gasteiger partial charge in [-0.2, -0.15) is 0 Å². The molecule has 2 aliphatic carbocycles. The van der Waals surface area contributed by atoms with Crippen LogP contribution in [0.3, 0.4) is 0 Å². The molecule has 4 aliphatic rings. The molecule has 8 rings (SSSR count). The van der Waals surface area contributed by atoms with Crippen LogP contribution in [0.2, 0.25) is 20.1 Å². The summed E-state index contributed by atoms with van der Waals surface area (Å²) < 4.78 is 75.5. The first-order valence-corrected chi connectivity index (χ1v) is 30.7. The number of aliphatic hydroxyl groups is 2. The number of morpholine rings is 2. The quantitative estimate of drug-likeness (QED) is 0.0789. The second-order valence-electron chi connectivity index (χ2n) is 21.8. The molecule has 4 fully saturated rings. The predicted octanol–water partition coefficient (Wildman–Crippen LogP) is 9.06. The van der Waals surface area contributed by atoms with E-state index < -0.39 is 115 Å². The number of esters is 2. The Bertz CT molecular complexity index is 2810. The van der Waals surface area contributed by atoms with Gasteiger partial charge >= 0.3 is 11.9 Å². The van der Waals surface area contributed by atoms with Gasteiger partial charge in [0.25, 0.3) is 11.8 Å². The van der Waals surface area contributed by atoms with Crippen molar-refractivity contribution in [2.45, 2.75) is 126 Å². The highest BCUT2D eigenvalue weighted by Gasteiger charge is 2.54. The number of carbonyl (C=O) groups excluding carboxylic acids is 4. The molecule has 0 unspecified atom stereocenters. The van der Waals surface area contributed by atoms with Crippen molar-refractivity contribution in [1.82, 2.24) is 9.80 Å². The fourth-order valence-electron chi connectivity index (χ4n) is 10.4. The molecule has 2 heterocycles. The standard InChI is InChI=1S/2C28H33Cl2NO7S/c2*1-28(2,34)16-39(35,36)15-22(17-7-8-17)31-25(18-9-11-20(29)12-10-18)26(19-5-4-6-21(30)13-19)38-23(27(31)33)14-24(32)37-3/h2*4-6,9-13,17,22-23,25-26,34H,7-8,14-16H2,1-3H3/t22-,23+,25-,26-;22-,23-,25-,26-/m11/s1. The Hall–Kier alpha value is -4.34. The molecule has 8 atom stereocenters. The molecule has 4 aromatic carbocycles. The first kappa shape index (κ1) is 61.3. The Balaban J connectivity index is 0.000000226. The Labute approximate surface area is 476 Å². The number of ether oxygens (including phenoxy) is 4. The van der Waals surface area contributed by atoms with E-state index in [0.29, 0.717) is 42.3 Å². The van der Waals surface area contributed by atoms with Gasteiger partial charge in [0.15, 0.2) is 19.7 Å². The summed E-state index contributed by atoms with van der Waals surface area (Å²) in [4.78, 5) is 56.0. The van der Waals surface area contributed by atoms with E-state index in [1.165, 1.54) is 41.9 Å². The van der Waals surface area contributed by atoms with E-state index >= 15 is 0 Å². The van der Waals surface area contributed by atoms with Crippen LogP contribution in [-0.2, 0) is 57.8 Å². The number of sulfone groups is 2. The lowest BCUT2D eigenvalue weighted by Gasteiger charge is -2.48. The smallest absolute Gasteiger partial charge is 0.308 e. The maximum Gasteiger partial charge on any atom is 0.308 e. The number of rotatable bonds is 20. The molecule has 2 saturated heterocycles. The molecular formula is C56H66Cl4N2O14S2. The second-order valence-corrected chi connectivity index (χ2v) is 27.8. The molecule has 0 spiro atoms. The second kappa shape index (κ2) is 25.2. The van der Waals surface area contributed by atoms with Crippen molar-refractivity contribution < 1.29 is 65.2 Å². The van der Waals surface area contributed by atoms with Crippen LogP contribution in [0.25, 0.3) is 0 Å². The number of nitrogens with zero attached hydrogens (tertiary/aromatic N) is 2. The van der Waals surface area contributed by atoms with Gasteiger partial charge in [-0.05, 0) is 136 Å². The molecule has 78 heavy (non-hydrogen) atoms. The Morgan fingerprint density at radius 2 is 0.897 bits per heavy atom. The molecule has 16 nitrogen and oxygen atoms in total. The van der Waals surface area contributed by atoms with Gasteiger partial charge in [-0.1, -0.05) is 94.9 Å². The first-order valence-electron chi connectivity index (χ1n) is 25.5. The van der Waals surface area contributed by atoms with Crippen LogP contribution in [0.5, 0.6) is 0 Å². The fourth-order valence-corrected chi connectivity index (χ4v) is 15.4. The summed E-state index contributed by atoms with van der Waals surface area (Å²) in [7, 11) is -5.10. The monoisotopic (exact) mass is 1190 g/mol. The van der Waals surface area contributed by atoms with E-state index in [1.54, 1.807) is 94.7 Å². The van der Waals surface area contributed by atoms with Gasteiger partial charge in [-0.15, -0.1) is 0 Å². The van der Waals surface area contributed by atoms with E-state index in [4.69, 9.17) is 65.4 Å². The van der Waals surface area contributed by atoms with Crippen molar-refractivity contribution in [1.29, 1.82) is 0 Å². The lowest BCUT2D eigenvalue weighted by atomic mass is 9.89. The number of amides is 2. The Kier molecular flexibility index (Phi) is 19.8. The third-order valence-electron chi connectivity index (χ3n) is 13.8. The molecule has 2 amide bonds. The van der Waals surface area contributed by atoms with Gasteiger partial charge in [0.1, 0.15) is 24.4 Å². The maximum atomic E-state index is 14.1. The highest BCUT2D eigenvalue weighted by atomic mass is 35.5. The fraction of sp³-hybridized carbons (Fsp3) is 0.500. The zero-order chi connectivity index (χ0) is 57.1. The predicted molar refractivity (Wildman–Crippen MR) is 296 cm³/mol. The highest BCUT2D eigenvalue weighted by molar-refractivity contribution is 7.91. The van der Waals surface area contributed by atoms with Crippen molar-refractivity contribution >= 4 is 89.8 Å². The summed E-state index contributed by atoms with van der Waals surface area (Å²) in [6.45, 7) is 5.76. The number of hydrogen-bond donors (Lipinski definition) is 2. The summed E-state index contributed by atoms with van der Waals surface area (Å²) in [6.07, 6.45) is -1.56. The van der Waals surface area contributed by atoms with Crippen LogP contribution >= 0.6 is 46.4 Å². The molecule has 2 saturated carbocycles. The van der Waals surface area contributed by atoms with Crippen molar-refractivity contribution in [2.75, 3.05) is 37.2 Å². The van der Waals surface area contributed by atoms with Crippen LogP contribution in [0.1, 0.15) is 113 Å². The van der Waals surface area contributed by atoms with E-state index in [-0.39, 0.29) is 36.2 Å². The number of benzene rings is 4. The minimum Gasteiger partial charge on any atom is -0.469 e. The van der Waals surface area contributed by atoms with E-state index in [2.05, 4.69) is 0 Å². The summed E-state index contributed by atoms with van der Waals surface area (Å²) in [6, 6.07) is 25.1. The van der Waals surface area contributed by atoms with Crippen molar-refractivity contribution in [3.63, 3.8) is 0 Å². The summed E-state index contributed by atoms with van der Waals surface area (Å²) >= 11 is 25.0. The highest BCUT2D eigenvalue weighted by Crippen LogP contribution is 2.50. The number of halogens is 4. The first-order chi connectivity index (χ1) is 36.6. The zero-order valence-corrected chi connectivity index (χ0v) is 48.8. The third kappa shape index (κ3) is 16.4. The molecule has 0 aromatic heterocycles. The molecule has 2 N–H and O–H groups in total. The van der Waals surface area contributed by atoms with Crippen molar-refractivity contribution in [3.05, 3.63) is 139 Å². The topological polar surface area (TPSA) is 220 Å². The van der Waals surface area contributed by atoms with Gasteiger partial charge < -0.3 is 39.0 Å². The van der Waals surface area contributed by atoms with E-state index in [1.807, 2.05) is 12.1 Å². The van der Waals surface area contributed by atoms with Gasteiger partial charge in [0.05, 0.1) is 73.4 Å². The average molecular weight is 1200 g/mol. The molecule has 2 aliphatic heterocycles. The number of methoxy groups -OCH3 is 2. The average Bonchev–Trinajstić information content (AvgIpc) is 4.36. The largest absolute Gasteiger partial charge is 0.469 e. The lowest BCUT2D eigenvalue weighted by molar-refractivity contribution is -0.183. The lowest BCUT2D eigenvalue weighted by Crippen LogP contribution is -2.57. The normalized spacial score (nSPS) is 23.0. The number of hydrogen-bond acceptors (Lipinski definition) is 14. The maximum absolute atomic E-state index is 14.1. The molecule has 4 aromatic rings. The minimum absolute atomic E-state index is 0.0581. The van der Waals surface area contributed by atoms with Gasteiger partial charge in [0.2, 0.25) is 0 Å². The SMILES string of the molecule is COC(=O)C[C@@H]1O[C@H](c2cccc(Cl)c2)[C@@H](c2ccc(Cl)cc2)N([C@H](CS(=O)(=O)CC(C)(C)O)C2CC2)C1=O.COC(=O)C[C@H]1O[C@H](c2cccc(Cl)c2)[C@@H](c2ccc(Cl)cc2)N([C@H](CS(=O)(=O)CC(C)(C)O)C2CC2)C1=O. The Morgan fingerprint density at radius 1 is 0.564 bits per heavy atom. The zero-order valence-electron chi connectivity index (χ0n) is 44.1. The molecule has 424 valence electrons. The van der Waals surface area contributed by atoms with E-state index in [0.717, 1.165) is 25.7 Å². The van der Waals surface area contributed by atoms with Crippen LogP contribution < -0.4 is 0 Å². The van der Waals surface area contributed by atoms with Crippen LogP contribution in [0.4, 0.5) is 0 Å². The molecule has 0 radical (unpaired) electrons. The summed E-state index contributed by atoms with van der Waals surface area (Å²) in [5.41, 5.74) is -0.144. The Morgan fingerprint density at radius 3 is 1.18 bits per heavy atom. The minimum atomic E-state index is -3.78. The molecule has 22 heteroatoms. The third-order valence-corrected chi connectivity index (χ3v) is 18.8. The summed E-state index contributed by atoms with van der Waals surface area (Å²) in [5.74, 6) is -3.90. The van der Waals surface area contributed by atoms with Crippen LogP contribution in [0.15, 0.2) is 97.1 Å². The summed E-state index contributed by atoms with van der Waals surface area (Å²) in [5, 5.41) is 22.5. The van der Waals surface area contributed by atoms with Crippen molar-refractivity contribution in [2.24, 2.45) is 11.8 Å². The van der Waals surface area contributed by atoms with Crippen LogP contribution in [0, 0.1) is 11.8 Å². The van der Waals surface area contributed by atoms with Gasteiger partial charge in [0, 0.05) is 32.2 Å². The van der Waals surface area contributed by atoms with Crippen LogP contribution in [-0.4, -0.2) is 133 Å². The van der Waals surface area contributed by atoms with Gasteiger partial charge in [-0.3, -0.25) is 19.2 Å². The number of carbonyl (C=O) groups is 4.